The first-order chi connectivity index (χ1) is 9.76. The third kappa shape index (κ3) is 2.54. The monoisotopic (exact) mass is 270 g/mol. The van der Waals surface area contributed by atoms with Gasteiger partial charge in [-0.05, 0) is 36.1 Å². The van der Waals surface area contributed by atoms with Crippen LogP contribution in [0.5, 0.6) is 11.5 Å². The molecule has 1 aromatic heterocycles. The summed E-state index contributed by atoms with van der Waals surface area (Å²) in [5.74, 6) is 2.72. The molecular weight excluding hydrogens is 252 g/mol. The molecule has 1 aromatic carbocycles. The van der Waals surface area contributed by atoms with Crippen molar-refractivity contribution in [1.82, 2.24) is 4.98 Å². The molecule has 1 aliphatic rings. The Balaban J connectivity index is 1.74. The molecule has 0 amide bonds. The van der Waals surface area contributed by atoms with Gasteiger partial charge in [-0.1, -0.05) is 18.2 Å². The van der Waals surface area contributed by atoms with E-state index >= 15 is 0 Å². The van der Waals surface area contributed by atoms with Crippen LogP contribution < -0.4 is 15.2 Å². The Morgan fingerprint density at radius 3 is 3.00 bits per heavy atom. The maximum absolute atomic E-state index is 5.88. The fourth-order valence-electron chi connectivity index (χ4n) is 2.64. The molecule has 1 unspecified atom stereocenters. The zero-order valence-electron chi connectivity index (χ0n) is 11.5. The predicted molar refractivity (Wildman–Crippen MR) is 78.0 cm³/mol. The van der Waals surface area contributed by atoms with E-state index in [-0.39, 0.29) is 0 Å². The van der Waals surface area contributed by atoms with E-state index in [0.717, 1.165) is 24.3 Å². The molecule has 20 heavy (non-hydrogen) atoms. The zero-order valence-corrected chi connectivity index (χ0v) is 11.5. The fourth-order valence-corrected chi connectivity index (χ4v) is 2.64. The second-order valence-electron chi connectivity index (χ2n) is 5.13. The van der Waals surface area contributed by atoms with Gasteiger partial charge in [-0.2, -0.15) is 0 Å². The van der Waals surface area contributed by atoms with Crippen molar-refractivity contribution < 1.29 is 9.47 Å². The summed E-state index contributed by atoms with van der Waals surface area (Å²) in [6.45, 7) is 0.706. The number of nitrogen functional groups attached to an aromatic ring is 1. The molecule has 1 atom stereocenters. The van der Waals surface area contributed by atoms with Crippen LogP contribution in [0.15, 0.2) is 36.5 Å². The fraction of sp³-hybridized carbons (Fsp3) is 0.312. The van der Waals surface area contributed by atoms with Crippen molar-refractivity contribution in [2.75, 3.05) is 19.5 Å². The van der Waals surface area contributed by atoms with Crippen molar-refractivity contribution >= 4 is 5.82 Å². The van der Waals surface area contributed by atoms with Crippen LogP contribution >= 0.6 is 0 Å². The summed E-state index contributed by atoms with van der Waals surface area (Å²) in [4.78, 5) is 4.13. The number of pyridine rings is 1. The molecule has 4 heteroatoms. The number of hydrogen-bond acceptors (Lipinski definition) is 4. The molecule has 2 heterocycles. The van der Waals surface area contributed by atoms with Crippen LogP contribution in [0.1, 0.15) is 11.1 Å². The third-order valence-electron chi connectivity index (χ3n) is 3.62. The summed E-state index contributed by atoms with van der Waals surface area (Å²) >= 11 is 0. The Labute approximate surface area is 118 Å². The molecule has 0 fully saturated rings. The number of hydrogen-bond donors (Lipinski definition) is 1. The molecule has 0 bridgehead atoms. The molecule has 1 aliphatic heterocycles. The van der Waals surface area contributed by atoms with Crippen LogP contribution in [-0.4, -0.2) is 18.7 Å². The number of fused-ring (bicyclic) bond motifs is 1. The minimum atomic E-state index is 0.458. The van der Waals surface area contributed by atoms with Crippen LogP contribution in [-0.2, 0) is 12.8 Å². The number of ether oxygens (including phenoxy) is 2. The number of nitrogens with two attached hydrogens (primary N) is 1. The van der Waals surface area contributed by atoms with Crippen molar-refractivity contribution in [1.29, 1.82) is 0 Å². The quantitative estimate of drug-likeness (QED) is 0.930. The molecule has 2 N–H and O–H groups in total. The first-order valence-corrected chi connectivity index (χ1v) is 6.75. The van der Waals surface area contributed by atoms with Crippen LogP contribution in [0, 0.1) is 5.92 Å². The van der Waals surface area contributed by atoms with Gasteiger partial charge in [0.25, 0.3) is 0 Å². The Morgan fingerprint density at radius 2 is 2.25 bits per heavy atom. The van der Waals surface area contributed by atoms with Crippen molar-refractivity contribution in [2.45, 2.75) is 12.8 Å². The Morgan fingerprint density at radius 1 is 1.35 bits per heavy atom. The Bertz CT molecular complexity index is 596. The van der Waals surface area contributed by atoms with Crippen LogP contribution in [0.25, 0.3) is 0 Å². The summed E-state index contributed by atoms with van der Waals surface area (Å²) in [7, 11) is 1.67. The highest BCUT2D eigenvalue weighted by atomic mass is 16.5. The van der Waals surface area contributed by atoms with Gasteiger partial charge in [0.05, 0.1) is 13.7 Å². The first kappa shape index (κ1) is 12.8. The van der Waals surface area contributed by atoms with Crippen molar-refractivity contribution in [3.8, 4) is 11.5 Å². The van der Waals surface area contributed by atoms with Gasteiger partial charge in [-0.15, -0.1) is 0 Å². The summed E-state index contributed by atoms with van der Waals surface area (Å²) in [6.07, 6.45) is 3.79. The molecule has 0 radical (unpaired) electrons. The number of anilines is 1. The second-order valence-corrected chi connectivity index (χ2v) is 5.13. The maximum atomic E-state index is 5.88. The van der Waals surface area contributed by atoms with E-state index in [0.29, 0.717) is 18.3 Å². The molecule has 104 valence electrons. The maximum Gasteiger partial charge on any atom is 0.164 e. The average molecular weight is 270 g/mol. The van der Waals surface area contributed by atoms with Gasteiger partial charge in [0.1, 0.15) is 5.82 Å². The van der Waals surface area contributed by atoms with E-state index < -0.39 is 0 Å². The number of aromatic nitrogens is 1. The van der Waals surface area contributed by atoms with Gasteiger partial charge < -0.3 is 15.2 Å². The highest BCUT2D eigenvalue weighted by Crippen LogP contribution is 2.36. The van der Waals surface area contributed by atoms with Crippen molar-refractivity contribution in [3.05, 3.63) is 47.7 Å². The summed E-state index contributed by atoms with van der Waals surface area (Å²) in [5, 5.41) is 0. The predicted octanol–water partition coefficient (Wildman–Crippen LogP) is 2.47. The zero-order chi connectivity index (χ0) is 13.9. The average Bonchev–Trinajstić information content (AvgIpc) is 2.49. The van der Waals surface area contributed by atoms with Crippen LogP contribution in [0.3, 0.4) is 0 Å². The minimum Gasteiger partial charge on any atom is -0.493 e. The van der Waals surface area contributed by atoms with Crippen LogP contribution in [0.2, 0.25) is 0 Å². The molecule has 0 spiro atoms. The molecule has 0 aliphatic carbocycles. The van der Waals surface area contributed by atoms with E-state index in [1.165, 1.54) is 11.1 Å². The van der Waals surface area contributed by atoms with Crippen LogP contribution in [0.4, 0.5) is 5.82 Å². The first-order valence-electron chi connectivity index (χ1n) is 6.75. The van der Waals surface area contributed by atoms with E-state index in [9.17, 15) is 0 Å². The highest BCUT2D eigenvalue weighted by molar-refractivity contribution is 5.47. The normalized spacial score (nSPS) is 17.1. The number of para-hydroxylation sites is 1. The van der Waals surface area contributed by atoms with Gasteiger partial charge in [0.2, 0.25) is 0 Å². The largest absolute Gasteiger partial charge is 0.493 e. The Hall–Kier alpha value is -2.23. The topological polar surface area (TPSA) is 57.4 Å². The standard InChI is InChI=1S/C16H18N2O2/c1-19-14-4-2-3-13-8-12(10-20-16(13)14)7-11-5-6-15(17)18-9-11/h2-6,9,12H,7-8,10H2,1H3,(H2,17,18). The highest BCUT2D eigenvalue weighted by Gasteiger charge is 2.22. The molecule has 0 saturated heterocycles. The summed E-state index contributed by atoms with van der Waals surface area (Å²) < 4.78 is 11.2. The van der Waals surface area contributed by atoms with Crippen molar-refractivity contribution in [2.24, 2.45) is 5.92 Å². The van der Waals surface area contributed by atoms with Gasteiger partial charge >= 0.3 is 0 Å². The molecule has 2 aromatic rings. The number of methoxy groups -OCH3 is 1. The van der Waals surface area contributed by atoms with E-state index in [2.05, 4.69) is 11.1 Å². The number of benzene rings is 1. The van der Waals surface area contributed by atoms with Gasteiger partial charge in [0.15, 0.2) is 11.5 Å². The van der Waals surface area contributed by atoms with Gasteiger partial charge in [-0.25, -0.2) is 4.98 Å². The second kappa shape index (κ2) is 5.41. The third-order valence-corrected chi connectivity index (χ3v) is 3.62. The number of nitrogens with zero attached hydrogens (tertiary/aromatic N) is 1. The lowest BCUT2D eigenvalue weighted by atomic mass is 9.91. The van der Waals surface area contributed by atoms with Gasteiger partial charge in [-0.3, -0.25) is 0 Å². The summed E-state index contributed by atoms with van der Waals surface area (Å²) in [5.41, 5.74) is 8.01. The lowest BCUT2D eigenvalue weighted by Gasteiger charge is -2.26. The molecule has 0 saturated carbocycles. The minimum absolute atomic E-state index is 0.458. The van der Waals surface area contributed by atoms with E-state index in [1.54, 1.807) is 7.11 Å². The smallest absolute Gasteiger partial charge is 0.164 e. The lowest BCUT2D eigenvalue weighted by molar-refractivity contribution is 0.211. The Kier molecular flexibility index (Phi) is 3.46. The molecule has 4 nitrogen and oxygen atoms in total. The van der Waals surface area contributed by atoms with E-state index in [4.69, 9.17) is 15.2 Å². The number of rotatable bonds is 3. The lowest BCUT2D eigenvalue weighted by Crippen LogP contribution is -2.23. The molecular formula is C16H18N2O2. The van der Waals surface area contributed by atoms with Crippen molar-refractivity contribution in [3.63, 3.8) is 0 Å². The summed E-state index contributed by atoms with van der Waals surface area (Å²) in [6, 6.07) is 9.92. The van der Waals surface area contributed by atoms with Gasteiger partial charge in [0, 0.05) is 12.1 Å². The molecule has 3 rings (SSSR count). The SMILES string of the molecule is COc1cccc2c1OCC(Cc1ccc(N)nc1)C2. The van der Waals surface area contributed by atoms with E-state index in [1.807, 2.05) is 30.5 Å².